The van der Waals surface area contributed by atoms with E-state index in [-0.39, 0.29) is 5.57 Å². The summed E-state index contributed by atoms with van der Waals surface area (Å²) in [4.78, 5) is 20.5. The van der Waals surface area contributed by atoms with E-state index in [1.54, 1.807) is 6.11 Å². The molecule has 0 aromatic heterocycles. The first-order valence-electron chi connectivity index (χ1n) is 4.05. The Bertz CT molecular complexity index is 265. The molecule has 0 aromatic carbocycles. The van der Waals surface area contributed by atoms with E-state index < -0.39 is 11.6 Å². The van der Waals surface area contributed by atoms with Gasteiger partial charge in [0.25, 0.3) is 0 Å². The van der Waals surface area contributed by atoms with Crippen molar-refractivity contribution in [2.45, 2.75) is 33.3 Å². The van der Waals surface area contributed by atoms with Crippen molar-refractivity contribution in [3.05, 3.63) is 11.8 Å². The molecule has 0 bridgehead atoms. The van der Waals surface area contributed by atoms with E-state index in [1.807, 2.05) is 20.8 Å². The monoisotopic (exact) mass is 198 g/mol. The lowest BCUT2D eigenvalue weighted by Crippen LogP contribution is -2.18. The summed E-state index contributed by atoms with van der Waals surface area (Å²) in [6, 6.07) is 0. The fraction of sp³-hybridized carbons (Fsp3) is 0.500. The summed E-state index contributed by atoms with van der Waals surface area (Å²) < 4.78 is 4.27. The largest absolute Gasteiger partial charge is 0.369 e. The van der Waals surface area contributed by atoms with Crippen LogP contribution in [0.25, 0.3) is 0 Å². The van der Waals surface area contributed by atoms with E-state index in [2.05, 4.69) is 4.74 Å². The first-order valence-corrected chi connectivity index (χ1v) is 4.05. The minimum Gasteiger partial charge on any atom is -0.369 e. The van der Waals surface area contributed by atoms with Crippen LogP contribution in [0.1, 0.15) is 27.7 Å². The van der Waals surface area contributed by atoms with Gasteiger partial charge in [-0.3, -0.25) is 0 Å². The zero-order chi connectivity index (χ0) is 11.2. The number of esters is 1. The van der Waals surface area contributed by atoms with Gasteiger partial charge >= 0.3 is 5.97 Å². The molecule has 0 atom stereocenters. The molecule has 0 radical (unpaired) electrons. The Hall–Kier alpha value is -1.47. The van der Waals surface area contributed by atoms with Crippen LogP contribution in [0, 0.1) is 12.5 Å². The first kappa shape index (κ1) is 12.5. The van der Waals surface area contributed by atoms with E-state index in [9.17, 15) is 4.79 Å². The number of hydrogen-bond donors (Lipinski definition) is 0. The quantitative estimate of drug-likeness (QED) is 0.173. The van der Waals surface area contributed by atoms with Crippen molar-refractivity contribution < 1.29 is 19.3 Å². The van der Waals surface area contributed by atoms with E-state index in [0.29, 0.717) is 0 Å². The van der Waals surface area contributed by atoms with Crippen LogP contribution in [0.5, 0.6) is 0 Å². The molecule has 78 valence electrons. The minimum atomic E-state index is -0.634. The fourth-order valence-electron chi connectivity index (χ4n) is 0.423. The molecule has 0 N–H and O–H groups in total. The van der Waals surface area contributed by atoms with Gasteiger partial charge in [0.15, 0.2) is 0 Å². The van der Waals surface area contributed by atoms with Crippen LogP contribution in [-0.4, -0.2) is 11.6 Å². The third kappa shape index (κ3) is 6.09. The van der Waals surface area contributed by atoms with Crippen molar-refractivity contribution >= 4 is 5.97 Å². The molecular formula is C10H14O4. The third-order valence-electron chi connectivity index (χ3n) is 0.997. The highest BCUT2D eigenvalue weighted by Crippen LogP contribution is 2.08. The zero-order valence-corrected chi connectivity index (χ0v) is 8.79. The predicted molar refractivity (Wildman–Crippen MR) is 50.6 cm³/mol. The van der Waals surface area contributed by atoms with Crippen molar-refractivity contribution in [2.24, 2.45) is 0 Å². The second kappa shape index (κ2) is 5.30. The highest BCUT2D eigenvalue weighted by Gasteiger charge is 2.12. The average molecular weight is 198 g/mol. The van der Waals surface area contributed by atoms with Crippen LogP contribution in [0.4, 0.5) is 0 Å². The van der Waals surface area contributed by atoms with Crippen LogP contribution in [0.3, 0.4) is 0 Å². The summed E-state index contributed by atoms with van der Waals surface area (Å²) in [7, 11) is 0. The number of hydrogen-bond acceptors (Lipinski definition) is 4. The van der Waals surface area contributed by atoms with E-state index >= 15 is 0 Å². The highest BCUT2D eigenvalue weighted by atomic mass is 17.2. The standard InChI is InChI=1S/C10H14O4/c1-6-12-9(11)8(2)7-13-14-10(3,4)5/h1,7H,2-5H3. The SMILES string of the molecule is C#COC(=O)C(C)=COOC(C)(C)C. The van der Waals surface area contributed by atoms with Gasteiger partial charge in [-0.2, -0.15) is 4.89 Å². The summed E-state index contributed by atoms with van der Waals surface area (Å²) in [6.45, 7) is 6.95. The molecule has 4 nitrogen and oxygen atoms in total. The van der Waals surface area contributed by atoms with Gasteiger partial charge in [0.2, 0.25) is 0 Å². The van der Waals surface area contributed by atoms with Crippen molar-refractivity contribution in [1.29, 1.82) is 0 Å². The van der Waals surface area contributed by atoms with Crippen molar-refractivity contribution in [2.75, 3.05) is 0 Å². The van der Waals surface area contributed by atoms with Crippen LogP contribution < -0.4 is 0 Å². The molecule has 0 unspecified atom stereocenters. The molecule has 14 heavy (non-hydrogen) atoms. The van der Waals surface area contributed by atoms with Crippen molar-refractivity contribution in [3.63, 3.8) is 0 Å². The van der Waals surface area contributed by atoms with Gasteiger partial charge in [0, 0.05) is 0 Å². The van der Waals surface area contributed by atoms with Gasteiger partial charge in [-0.05, 0) is 27.7 Å². The van der Waals surface area contributed by atoms with Crippen LogP contribution >= 0.6 is 0 Å². The van der Waals surface area contributed by atoms with E-state index in [0.717, 1.165) is 6.26 Å². The zero-order valence-electron chi connectivity index (χ0n) is 8.79. The van der Waals surface area contributed by atoms with Gasteiger partial charge in [-0.15, -0.1) is 0 Å². The Balaban J connectivity index is 4.02. The van der Waals surface area contributed by atoms with Gasteiger partial charge in [-0.25, -0.2) is 4.79 Å². The molecule has 0 rings (SSSR count). The average Bonchev–Trinajstić information content (AvgIpc) is 2.02. The second-order valence-electron chi connectivity index (χ2n) is 3.60. The number of rotatable bonds is 3. The molecule has 0 saturated carbocycles. The Morgan fingerprint density at radius 3 is 2.43 bits per heavy atom. The fourth-order valence-corrected chi connectivity index (χ4v) is 0.423. The lowest BCUT2D eigenvalue weighted by molar-refractivity contribution is -0.310. The number of carbonyl (C=O) groups excluding carboxylic acids is 1. The molecule has 0 fully saturated rings. The Morgan fingerprint density at radius 2 is 2.00 bits per heavy atom. The number of ether oxygens (including phenoxy) is 1. The molecule has 0 heterocycles. The first-order chi connectivity index (χ1) is 6.37. The smallest absolute Gasteiger partial charge is 0.350 e. The number of terminal acetylenes is 1. The topological polar surface area (TPSA) is 44.8 Å². The predicted octanol–water partition coefficient (Wildman–Crippen LogP) is 1.77. The molecule has 0 saturated heterocycles. The van der Waals surface area contributed by atoms with Crippen LogP contribution in [0.15, 0.2) is 11.8 Å². The number of carbonyl (C=O) groups is 1. The van der Waals surface area contributed by atoms with Gasteiger partial charge in [0.1, 0.15) is 18.0 Å². The molecule has 0 amide bonds. The second-order valence-corrected chi connectivity index (χ2v) is 3.60. The summed E-state index contributed by atoms with van der Waals surface area (Å²) in [5.41, 5.74) is -0.209. The third-order valence-corrected chi connectivity index (χ3v) is 0.997. The molecular weight excluding hydrogens is 184 g/mol. The van der Waals surface area contributed by atoms with Crippen molar-refractivity contribution in [1.82, 2.24) is 0 Å². The van der Waals surface area contributed by atoms with Gasteiger partial charge < -0.3 is 9.62 Å². The highest BCUT2D eigenvalue weighted by molar-refractivity contribution is 5.88. The molecule has 0 spiro atoms. The maximum Gasteiger partial charge on any atom is 0.350 e. The summed E-state index contributed by atoms with van der Waals surface area (Å²) in [5.74, 6) is -0.634. The maximum atomic E-state index is 10.9. The Morgan fingerprint density at radius 1 is 1.43 bits per heavy atom. The van der Waals surface area contributed by atoms with Crippen molar-refractivity contribution in [3.8, 4) is 12.5 Å². The Labute approximate surface area is 83.8 Å². The lowest BCUT2D eigenvalue weighted by atomic mass is 10.2. The molecule has 0 aliphatic heterocycles. The molecule has 0 aliphatic rings. The summed E-state index contributed by atoms with van der Waals surface area (Å²) >= 11 is 0. The van der Waals surface area contributed by atoms with E-state index in [4.69, 9.17) is 16.2 Å². The minimum absolute atomic E-state index is 0.229. The molecule has 4 heteroatoms. The van der Waals surface area contributed by atoms with Gasteiger partial charge in [0.05, 0.1) is 5.57 Å². The molecule has 0 aliphatic carbocycles. The molecule has 0 aromatic rings. The Kier molecular flexibility index (Phi) is 4.74. The van der Waals surface area contributed by atoms with Crippen LogP contribution in [0.2, 0.25) is 0 Å². The van der Waals surface area contributed by atoms with E-state index in [1.165, 1.54) is 6.92 Å². The normalized spacial score (nSPS) is 11.8. The summed E-state index contributed by atoms with van der Waals surface area (Å²) in [6.07, 6.45) is 7.68. The maximum absolute atomic E-state index is 10.9. The lowest BCUT2D eigenvalue weighted by Gasteiger charge is -2.15. The summed E-state index contributed by atoms with van der Waals surface area (Å²) in [5, 5.41) is 0. The van der Waals surface area contributed by atoms with Gasteiger partial charge in [-0.1, -0.05) is 6.42 Å². The van der Waals surface area contributed by atoms with Crippen LogP contribution in [-0.2, 0) is 19.3 Å².